The zero-order valence-electron chi connectivity index (χ0n) is 12.6. The van der Waals surface area contributed by atoms with Gasteiger partial charge in [-0.3, -0.25) is 4.79 Å². The number of carbonyl (C=O) groups is 1. The van der Waals surface area contributed by atoms with E-state index in [0.717, 1.165) is 29.3 Å². The molecule has 0 bridgehead atoms. The van der Waals surface area contributed by atoms with Crippen molar-refractivity contribution in [2.24, 2.45) is 0 Å². The van der Waals surface area contributed by atoms with E-state index in [1.54, 1.807) is 12.1 Å². The van der Waals surface area contributed by atoms with Gasteiger partial charge in [0.2, 0.25) is 0 Å². The van der Waals surface area contributed by atoms with Crippen LogP contribution in [0.1, 0.15) is 28.9 Å². The van der Waals surface area contributed by atoms with Crippen LogP contribution in [-0.2, 0) is 6.54 Å². The molecular weight excluding hydrogens is 291 g/mol. The van der Waals surface area contributed by atoms with Crippen molar-refractivity contribution >= 4 is 16.8 Å². The minimum Gasteiger partial charge on any atom is -0.351 e. The second kappa shape index (κ2) is 5.54. The highest BCUT2D eigenvalue weighted by molar-refractivity contribution is 5.98. The van der Waals surface area contributed by atoms with Gasteiger partial charge in [-0.1, -0.05) is 30.3 Å². The van der Waals surface area contributed by atoms with E-state index in [4.69, 9.17) is 0 Å². The van der Waals surface area contributed by atoms with Crippen LogP contribution in [0.25, 0.3) is 10.9 Å². The lowest BCUT2D eigenvalue weighted by Gasteiger charge is -2.22. The van der Waals surface area contributed by atoms with Gasteiger partial charge in [-0.15, -0.1) is 0 Å². The summed E-state index contributed by atoms with van der Waals surface area (Å²) in [5, 5.41) is 1.04. The van der Waals surface area contributed by atoms with E-state index in [1.807, 2.05) is 35.2 Å². The molecule has 0 saturated heterocycles. The number of carbonyl (C=O) groups excluding carboxylic acids is 1. The first-order valence-corrected chi connectivity index (χ1v) is 7.84. The van der Waals surface area contributed by atoms with Gasteiger partial charge in [-0.05, 0) is 42.7 Å². The van der Waals surface area contributed by atoms with Crippen molar-refractivity contribution < 1.29 is 9.18 Å². The fourth-order valence-corrected chi connectivity index (χ4v) is 2.88. The predicted octanol–water partition coefficient (Wildman–Crippen LogP) is 4.11. The molecule has 4 rings (SSSR count). The standard InChI is InChI=1S/C19H17FN2O/c20-15-7-5-13(6-8-15)12-22(16-9-10-16)19(23)18-11-14-3-1-2-4-17(14)21-18/h1-8,11,16,21H,9-10,12H2. The summed E-state index contributed by atoms with van der Waals surface area (Å²) in [4.78, 5) is 18.0. The molecule has 0 unspecified atom stereocenters. The number of benzene rings is 2. The molecule has 1 fully saturated rings. The summed E-state index contributed by atoms with van der Waals surface area (Å²) in [6, 6.07) is 16.4. The lowest BCUT2D eigenvalue weighted by molar-refractivity contribution is 0.0725. The van der Waals surface area contributed by atoms with Crippen LogP contribution in [0, 0.1) is 5.82 Å². The Hall–Kier alpha value is -2.62. The lowest BCUT2D eigenvalue weighted by atomic mass is 10.2. The Bertz CT molecular complexity index is 816. The SMILES string of the molecule is O=C(c1cc2ccccc2[nH]1)N(Cc1ccc(F)cc1)C1CC1. The maximum absolute atomic E-state index is 13.1. The maximum Gasteiger partial charge on any atom is 0.270 e. The molecule has 0 aliphatic heterocycles. The van der Waals surface area contributed by atoms with Gasteiger partial charge in [0, 0.05) is 23.5 Å². The molecule has 2 aromatic carbocycles. The average molecular weight is 308 g/mol. The Balaban J connectivity index is 1.61. The molecule has 1 aromatic heterocycles. The third-order valence-electron chi connectivity index (χ3n) is 4.28. The van der Waals surface area contributed by atoms with Crippen LogP contribution in [0.4, 0.5) is 4.39 Å². The van der Waals surface area contributed by atoms with Gasteiger partial charge >= 0.3 is 0 Å². The number of hydrogen-bond acceptors (Lipinski definition) is 1. The van der Waals surface area contributed by atoms with Crippen LogP contribution in [0.3, 0.4) is 0 Å². The number of aromatic nitrogens is 1. The largest absolute Gasteiger partial charge is 0.351 e. The molecule has 0 radical (unpaired) electrons. The lowest BCUT2D eigenvalue weighted by Crippen LogP contribution is -2.32. The third kappa shape index (κ3) is 2.84. The fourth-order valence-electron chi connectivity index (χ4n) is 2.88. The summed E-state index contributed by atoms with van der Waals surface area (Å²) in [7, 11) is 0. The second-order valence-corrected chi connectivity index (χ2v) is 6.06. The van der Waals surface area contributed by atoms with Crippen LogP contribution in [-0.4, -0.2) is 21.8 Å². The number of rotatable bonds is 4. The van der Waals surface area contributed by atoms with Crippen molar-refractivity contribution in [3.63, 3.8) is 0 Å². The van der Waals surface area contributed by atoms with Crippen molar-refractivity contribution in [1.29, 1.82) is 0 Å². The molecule has 4 heteroatoms. The molecule has 1 N–H and O–H groups in total. The highest BCUT2D eigenvalue weighted by atomic mass is 19.1. The van der Waals surface area contributed by atoms with Crippen LogP contribution in [0.2, 0.25) is 0 Å². The van der Waals surface area contributed by atoms with Gasteiger partial charge < -0.3 is 9.88 Å². The average Bonchev–Trinajstić information content (AvgIpc) is 3.31. The highest BCUT2D eigenvalue weighted by Gasteiger charge is 2.33. The molecule has 1 aliphatic carbocycles. The predicted molar refractivity (Wildman–Crippen MR) is 87.6 cm³/mol. The number of halogens is 1. The summed E-state index contributed by atoms with van der Waals surface area (Å²) in [5.74, 6) is -0.248. The van der Waals surface area contributed by atoms with Gasteiger partial charge in [-0.25, -0.2) is 4.39 Å². The molecule has 1 heterocycles. The quantitative estimate of drug-likeness (QED) is 0.773. The fraction of sp³-hybridized carbons (Fsp3) is 0.211. The number of amides is 1. The molecule has 23 heavy (non-hydrogen) atoms. The number of nitrogens with one attached hydrogen (secondary N) is 1. The van der Waals surface area contributed by atoms with Gasteiger partial charge in [-0.2, -0.15) is 0 Å². The number of nitrogens with zero attached hydrogens (tertiary/aromatic N) is 1. The second-order valence-electron chi connectivity index (χ2n) is 6.06. The minimum absolute atomic E-state index is 0.00743. The van der Waals surface area contributed by atoms with Crippen LogP contribution >= 0.6 is 0 Å². The van der Waals surface area contributed by atoms with Gasteiger partial charge in [0.25, 0.3) is 5.91 Å². The zero-order chi connectivity index (χ0) is 15.8. The normalized spacial score (nSPS) is 14.1. The summed E-state index contributed by atoms with van der Waals surface area (Å²) in [6.07, 6.45) is 2.07. The maximum atomic E-state index is 13.1. The number of aromatic amines is 1. The Morgan fingerprint density at radius 3 is 2.57 bits per heavy atom. The molecule has 3 aromatic rings. The monoisotopic (exact) mass is 308 g/mol. The zero-order valence-corrected chi connectivity index (χ0v) is 12.6. The summed E-state index contributed by atoms with van der Waals surface area (Å²) < 4.78 is 13.1. The molecule has 1 amide bonds. The number of para-hydroxylation sites is 1. The molecular formula is C19H17FN2O. The van der Waals surface area contributed by atoms with E-state index in [1.165, 1.54) is 12.1 Å². The smallest absolute Gasteiger partial charge is 0.270 e. The van der Waals surface area contributed by atoms with Crippen LogP contribution in [0.5, 0.6) is 0 Å². The van der Waals surface area contributed by atoms with Crippen molar-refractivity contribution in [3.05, 3.63) is 71.7 Å². The van der Waals surface area contributed by atoms with Crippen LogP contribution < -0.4 is 0 Å². The topological polar surface area (TPSA) is 36.1 Å². The minimum atomic E-state index is -0.256. The van der Waals surface area contributed by atoms with Crippen molar-refractivity contribution in [1.82, 2.24) is 9.88 Å². The Morgan fingerprint density at radius 1 is 1.13 bits per heavy atom. The van der Waals surface area contributed by atoms with Gasteiger partial charge in [0.1, 0.15) is 11.5 Å². The molecule has 116 valence electrons. The van der Waals surface area contributed by atoms with Gasteiger partial charge in [0.05, 0.1) is 0 Å². The summed E-state index contributed by atoms with van der Waals surface area (Å²) in [6.45, 7) is 0.513. The third-order valence-corrected chi connectivity index (χ3v) is 4.28. The van der Waals surface area contributed by atoms with E-state index in [0.29, 0.717) is 18.3 Å². The highest BCUT2D eigenvalue weighted by Crippen LogP contribution is 2.30. The Morgan fingerprint density at radius 2 is 1.87 bits per heavy atom. The summed E-state index contributed by atoms with van der Waals surface area (Å²) >= 11 is 0. The first-order chi connectivity index (χ1) is 11.2. The summed E-state index contributed by atoms with van der Waals surface area (Å²) in [5.41, 5.74) is 2.52. The first kappa shape index (κ1) is 14.0. The van der Waals surface area contributed by atoms with Crippen LogP contribution in [0.15, 0.2) is 54.6 Å². The van der Waals surface area contributed by atoms with E-state index >= 15 is 0 Å². The van der Waals surface area contributed by atoms with Crippen molar-refractivity contribution in [3.8, 4) is 0 Å². The molecule has 3 nitrogen and oxygen atoms in total. The number of H-pyrrole nitrogens is 1. The number of hydrogen-bond donors (Lipinski definition) is 1. The molecule has 0 atom stereocenters. The van der Waals surface area contributed by atoms with E-state index in [9.17, 15) is 9.18 Å². The van der Waals surface area contributed by atoms with E-state index in [2.05, 4.69) is 4.98 Å². The van der Waals surface area contributed by atoms with Gasteiger partial charge in [0.15, 0.2) is 0 Å². The van der Waals surface area contributed by atoms with Crippen molar-refractivity contribution in [2.45, 2.75) is 25.4 Å². The Kier molecular flexibility index (Phi) is 3.37. The van der Waals surface area contributed by atoms with E-state index in [-0.39, 0.29) is 11.7 Å². The first-order valence-electron chi connectivity index (χ1n) is 7.84. The Labute approximate surface area is 133 Å². The molecule has 1 aliphatic rings. The van der Waals surface area contributed by atoms with Crippen molar-refractivity contribution in [2.75, 3.05) is 0 Å². The molecule has 1 saturated carbocycles. The number of fused-ring (bicyclic) bond motifs is 1. The molecule has 0 spiro atoms. The van der Waals surface area contributed by atoms with E-state index < -0.39 is 0 Å².